The van der Waals surface area contributed by atoms with Crippen molar-refractivity contribution in [3.63, 3.8) is 0 Å². The van der Waals surface area contributed by atoms with Gasteiger partial charge < -0.3 is 14.5 Å². The molecule has 0 atom stereocenters. The van der Waals surface area contributed by atoms with Crippen molar-refractivity contribution in [3.05, 3.63) is 29.6 Å². The van der Waals surface area contributed by atoms with E-state index in [2.05, 4.69) is 4.90 Å². The van der Waals surface area contributed by atoms with Gasteiger partial charge in [-0.15, -0.1) is 0 Å². The van der Waals surface area contributed by atoms with Gasteiger partial charge in [-0.3, -0.25) is 4.79 Å². The van der Waals surface area contributed by atoms with E-state index in [0.717, 1.165) is 32.0 Å². The van der Waals surface area contributed by atoms with Crippen LogP contribution in [0.15, 0.2) is 12.1 Å². The average Bonchev–Trinajstić information content (AvgIpc) is 2.64. The molecular weight excluding hydrogens is 369 g/mol. The molecule has 0 radical (unpaired) electrons. The summed E-state index contributed by atoms with van der Waals surface area (Å²) in [6.45, 7) is 3.06. The fourth-order valence-electron chi connectivity index (χ4n) is 4.52. The Kier molecular flexibility index (Phi) is 5.80. The molecule has 7 heteroatoms. The number of benzene rings is 1. The first-order chi connectivity index (χ1) is 13.5. The van der Waals surface area contributed by atoms with Gasteiger partial charge >= 0.3 is 0 Å². The molecule has 1 aliphatic carbocycles. The molecule has 0 N–H and O–H groups in total. The summed E-state index contributed by atoms with van der Waals surface area (Å²) in [6.07, 6.45) is 6.40. The summed E-state index contributed by atoms with van der Waals surface area (Å²) in [5.74, 6) is -3.28. The normalized spacial score (nSPS) is 22.9. The Labute approximate surface area is 163 Å². The number of rotatable bonds is 4. The minimum Gasteiger partial charge on any atom is -0.484 e. The number of amides is 1. The molecule has 1 aromatic rings. The lowest BCUT2D eigenvalue weighted by atomic mass is 9.87. The van der Waals surface area contributed by atoms with E-state index in [9.17, 15) is 18.0 Å². The van der Waals surface area contributed by atoms with Crippen LogP contribution in [-0.2, 0) is 4.79 Å². The van der Waals surface area contributed by atoms with Gasteiger partial charge in [-0.05, 0) is 38.8 Å². The maximum Gasteiger partial charge on any atom is 0.225 e. The predicted molar refractivity (Wildman–Crippen MR) is 98.5 cm³/mol. The van der Waals surface area contributed by atoms with Crippen molar-refractivity contribution >= 4 is 5.91 Å². The molecule has 0 unspecified atom stereocenters. The molecule has 1 saturated carbocycles. The molecule has 2 aliphatic heterocycles. The molecule has 4 nitrogen and oxygen atoms in total. The van der Waals surface area contributed by atoms with Gasteiger partial charge in [0.05, 0.1) is 0 Å². The second-order valence-electron chi connectivity index (χ2n) is 8.24. The van der Waals surface area contributed by atoms with E-state index >= 15 is 0 Å². The lowest BCUT2D eigenvalue weighted by Gasteiger charge is -2.42. The molecule has 3 aliphatic rings. The van der Waals surface area contributed by atoms with Crippen LogP contribution >= 0.6 is 0 Å². The lowest BCUT2D eigenvalue weighted by Crippen LogP contribution is -2.49. The number of piperidine rings is 2. The zero-order valence-corrected chi connectivity index (χ0v) is 16.0. The molecule has 3 fully saturated rings. The summed E-state index contributed by atoms with van der Waals surface area (Å²) in [7, 11) is 0. The summed E-state index contributed by atoms with van der Waals surface area (Å²) in [5, 5.41) is 0. The van der Waals surface area contributed by atoms with Gasteiger partial charge in [0.1, 0.15) is 11.9 Å². The summed E-state index contributed by atoms with van der Waals surface area (Å²) in [4.78, 5) is 17.2. The highest BCUT2D eigenvalue weighted by atomic mass is 19.1. The maximum absolute atomic E-state index is 13.8. The fraction of sp³-hybridized carbons (Fsp3) is 0.667. The minimum absolute atomic E-state index is 0.0841. The topological polar surface area (TPSA) is 32.8 Å². The lowest BCUT2D eigenvalue weighted by molar-refractivity contribution is -0.139. The van der Waals surface area contributed by atoms with E-state index in [1.165, 1.54) is 19.3 Å². The zero-order chi connectivity index (χ0) is 19.7. The fourth-order valence-corrected chi connectivity index (χ4v) is 4.52. The largest absolute Gasteiger partial charge is 0.484 e. The van der Waals surface area contributed by atoms with E-state index in [0.29, 0.717) is 38.1 Å². The molecule has 28 heavy (non-hydrogen) atoms. The number of likely N-dealkylation sites (tertiary alicyclic amines) is 2. The minimum atomic E-state index is -1.03. The van der Waals surface area contributed by atoms with Crippen molar-refractivity contribution < 1.29 is 22.7 Å². The Balaban J connectivity index is 1.25. The first kappa shape index (κ1) is 19.6. The van der Waals surface area contributed by atoms with E-state index in [-0.39, 0.29) is 17.9 Å². The summed E-state index contributed by atoms with van der Waals surface area (Å²) < 4.78 is 46.0. The average molecular weight is 396 g/mol. The molecule has 1 aromatic carbocycles. The molecule has 0 spiro atoms. The predicted octanol–water partition coefficient (Wildman–Crippen LogP) is 3.74. The summed E-state index contributed by atoms with van der Waals surface area (Å²) in [6, 6.07) is 1.97. The quantitative estimate of drug-likeness (QED) is 0.777. The Morgan fingerprint density at radius 3 is 2.04 bits per heavy atom. The number of carbonyl (C=O) groups is 1. The second-order valence-corrected chi connectivity index (χ2v) is 8.24. The van der Waals surface area contributed by atoms with E-state index in [4.69, 9.17) is 4.74 Å². The first-order valence-corrected chi connectivity index (χ1v) is 10.4. The van der Waals surface area contributed by atoms with Crippen LogP contribution in [-0.4, -0.2) is 54.0 Å². The highest BCUT2D eigenvalue weighted by Crippen LogP contribution is 2.31. The van der Waals surface area contributed by atoms with Gasteiger partial charge in [0.2, 0.25) is 5.91 Å². The highest BCUT2D eigenvalue weighted by Gasteiger charge is 2.34. The van der Waals surface area contributed by atoms with E-state index < -0.39 is 23.2 Å². The smallest absolute Gasteiger partial charge is 0.225 e. The van der Waals surface area contributed by atoms with Crippen LogP contribution in [0.5, 0.6) is 5.75 Å². The van der Waals surface area contributed by atoms with Crippen LogP contribution in [0, 0.1) is 23.4 Å². The Bertz CT molecular complexity index is 687. The Hall–Kier alpha value is -1.76. The third-order valence-electron chi connectivity index (χ3n) is 6.47. The van der Waals surface area contributed by atoms with Crippen molar-refractivity contribution in [2.24, 2.45) is 5.92 Å². The van der Waals surface area contributed by atoms with Gasteiger partial charge in [0.25, 0.3) is 0 Å². The molecule has 2 heterocycles. The number of nitrogens with zero attached hydrogens (tertiary/aromatic N) is 2. The standard InChI is InChI=1S/C21H27F3N2O2/c22-15-12-18(23)20(19(24)13-15)28-17-6-10-26(11-7-17)21(27)14-4-8-25(9-5-14)16-2-1-3-16/h12-14,16-17H,1-11H2. The van der Waals surface area contributed by atoms with Gasteiger partial charge in [0, 0.05) is 50.0 Å². The van der Waals surface area contributed by atoms with Crippen LogP contribution in [0.4, 0.5) is 13.2 Å². The van der Waals surface area contributed by atoms with Gasteiger partial charge in [0.15, 0.2) is 17.4 Å². The molecular formula is C21H27F3N2O2. The van der Waals surface area contributed by atoms with Crippen molar-refractivity contribution in [2.45, 2.75) is 57.1 Å². The number of ether oxygens (including phenoxy) is 1. The molecule has 154 valence electrons. The third-order valence-corrected chi connectivity index (χ3v) is 6.47. The van der Waals surface area contributed by atoms with Crippen LogP contribution in [0.3, 0.4) is 0 Å². The number of hydrogen-bond acceptors (Lipinski definition) is 3. The SMILES string of the molecule is O=C(C1CCN(C2CCC2)CC1)N1CCC(Oc2c(F)cc(F)cc2F)CC1. The van der Waals surface area contributed by atoms with Crippen molar-refractivity contribution in [1.82, 2.24) is 9.80 Å². The number of hydrogen-bond donors (Lipinski definition) is 0. The van der Waals surface area contributed by atoms with Crippen molar-refractivity contribution in [1.29, 1.82) is 0 Å². The monoisotopic (exact) mass is 396 g/mol. The van der Waals surface area contributed by atoms with E-state index in [1.54, 1.807) is 0 Å². The molecule has 2 saturated heterocycles. The van der Waals surface area contributed by atoms with Gasteiger partial charge in [-0.25, -0.2) is 13.2 Å². The number of carbonyl (C=O) groups excluding carboxylic acids is 1. The number of halogens is 3. The third kappa shape index (κ3) is 4.14. The Morgan fingerprint density at radius 1 is 0.893 bits per heavy atom. The van der Waals surface area contributed by atoms with Crippen LogP contribution in [0.25, 0.3) is 0 Å². The molecule has 1 amide bonds. The molecule has 0 bridgehead atoms. The van der Waals surface area contributed by atoms with Crippen LogP contribution in [0.1, 0.15) is 44.9 Å². The summed E-state index contributed by atoms with van der Waals surface area (Å²) in [5.41, 5.74) is 0. The van der Waals surface area contributed by atoms with Crippen molar-refractivity contribution in [2.75, 3.05) is 26.2 Å². The van der Waals surface area contributed by atoms with Crippen molar-refractivity contribution in [3.8, 4) is 5.75 Å². The van der Waals surface area contributed by atoms with E-state index in [1.807, 2.05) is 4.90 Å². The summed E-state index contributed by atoms with van der Waals surface area (Å²) >= 11 is 0. The Morgan fingerprint density at radius 2 is 1.50 bits per heavy atom. The molecule has 0 aromatic heterocycles. The van der Waals surface area contributed by atoms with Crippen LogP contribution < -0.4 is 4.74 Å². The highest BCUT2D eigenvalue weighted by molar-refractivity contribution is 5.79. The van der Waals surface area contributed by atoms with Gasteiger partial charge in [-0.1, -0.05) is 6.42 Å². The second kappa shape index (κ2) is 8.31. The maximum atomic E-state index is 13.8. The first-order valence-electron chi connectivity index (χ1n) is 10.4. The van der Waals surface area contributed by atoms with Gasteiger partial charge in [-0.2, -0.15) is 0 Å². The van der Waals surface area contributed by atoms with Crippen LogP contribution in [0.2, 0.25) is 0 Å². The molecule has 4 rings (SSSR count). The zero-order valence-electron chi connectivity index (χ0n) is 16.0.